The summed E-state index contributed by atoms with van der Waals surface area (Å²) in [6, 6.07) is 8.57. The molecule has 1 aromatic carbocycles. The van der Waals surface area contributed by atoms with E-state index in [1.54, 1.807) is 24.7 Å². The third kappa shape index (κ3) is 3.35. The van der Waals surface area contributed by atoms with Gasteiger partial charge in [-0.3, -0.25) is 0 Å². The van der Waals surface area contributed by atoms with Crippen LogP contribution in [-0.4, -0.2) is 0 Å². The van der Waals surface area contributed by atoms with Crippen LogP contribution < -0.4 is 37.2 Å². The predicted octanol–water partition coefficient (Wildman–Crippen LogP) is -5.96. The fourth-order valence-electron chi connectivity index (χ4n) is 1.29. The zero-order valence-electron chi connectivity index (χ0n) is 6.98. The molecule has 74 valence electrons. The van der Waals surface area contributed by atoms with Crippen LogP contribution in [0.3, 0.4) is 0 Å². The van der Waals surface area contributed by atoms with Gasteiger partial charge in [0.1, 0.15) is 0 Å². The summed E-state index contributed by atoms with van der Waals surface area (Å²) in [5, 5.41) is 0. The Morgan fingerprint density at radius 2 is 1.64 bits per heavy atom. The number of halogens is 4. The Hall–Kier alpha value is 1.19. The van der Waals surface area contributed by atoms with Crippen molar-refractivity contribution in [1.29, 1.82) is 0 Å². The van der Waals surface area contributed by atoms with Crippen molar-refractivity contribution in [3.63, 3.8) is 0 Å². The maximum absolute atomic E-state index is 3.57. The van der Waals surface area contributed by atoms with Crippen molar-refractivity contribution in [2.45, 2.75) is 3.63 Å². The summed E-state index contributed by atoms with van der Waals surface area (Å²) in [6.07, 6.45) is 2.22. The molecule has 0 nitrogen and oxygen atoms in total. The molecule has 1 atom stereocenters. The molecule has 0 radical (unpaired) electrons. The van der Waals surface area contributed by atoms with E-state index in [2.05, 4.69) is 46.3 Å². The Morgan fingerprint density at radius 3 is 2.21 bits per heavy atom. The number of allylic oxidation sites excluding steroid dienone is 1. The first kappa shape index (κ1) is 17.6. The summed E-state index contributed by atoms with van der Waals surface area (Å²) < 4.78 is 1.97. The van der Waals surface area contributed by atoms with Crippen LogP contribution in [0.15, 0.2) is 28.7 Å². The van der Waals surface area contributed by atoms with Gasteiger partial charge in [-0.05, 0) is 0 Å². The summed E-state index contributed by atoms with van der Waals surface area (Å²) in [7, 11) is 0. The Kier molecular flexibility index (Phi) is 9.37. The molecule has 0 aromatic heterocycles. The number of hydrogen-bond donors (Lipinski definition) is 0. The first-order valence-electron chi connectivity index (χ1n) is 3.46. The molecular weight excluding hydrogens is 386 g/mol. The van der Waals surface area contributed by atoms with E-state index in [1.807, 2.05) is 0 Å². The zero-order valence-corrected chi connectivity index (χ0v) is 13.3. The standard InChI is InChI=1S/C9H6Br.3ClH.Zr/c10-9-5-7-3-1-2-4-8(7)6-9;;;;/h1-6H;3*1H;/q;;;;+3/p-3. The smallest absolute Gasteiger partial charge is 1.00 e. The molecule has 0 bridgehead atoms. The second-order valence-corrected chi connectivity index (χ2v) is 4.93. The molecule has 0 saturated carbocycles. The normalized spacial score (nSPS) is 16.8. The third-order valence-corrected chi connectivity index (χ3v) is 5.13. The largest absolute Gasteiger partial charge is 1.00 e. The van der Waals surface area contributed by atoms with Crippen molar-refractivity contribution in [2.24, 2.45) is 0 Å². The molecule has 0 amide bonds. The Labute approximate surface area is 126 Å². The van der Waals surface area contributed by atoms with Gasteiger partial charge in [0.15, 0.2) is 0 Å². The molecule has 0 heterocycles. The molecule has 0 spiro atoms. The van der Waals surface area contributed by atoms with Gasteiger partial charge in [0, 0.05) is 0 Å². The molecule has 1 aliphatic carbocycles. The average Bonchev–Trinajstić information content (AvgIpc) is 2.30. The minimum absolute atomic E-state index is 0. The van der Waals surface area contributed by atoms with E-state index in [9.17, 15) is 0 Å². The van der Waals surface area contributed by atoms with Gasteiger partial charge >= 0.3 is 90.2 Å². The monoisotopic (exact) mass is 388 g/mol. The minimum atomic E-state index is 0. The Morgan fingerprint density at radius 1 is 1.07 bits per heavy atom. The van der Waals surface area contributed by atoms with Crippen LogP contribution in [0.5, 0.6) is 0 Å². The van der Waals surface area contributed by atoms with Crippen LogP contribution >= 0.6 is 15.9 Å². The summed E-state index contributed by atoms with van der Waals surface area (Å²) in [4.78, 5) is 0. The molecular formula is C9H6BrCl3Zr. The van der Waals surface area contributed by atoms with Crippen LogP contribution in [0.1, 0.15) is 14.8 Å². The SMILES string of the molecule is BrC1=Cc2ccccc2[CH]1[Zr+3].[Cl-].[Cl-].[Cl-]. The molecule has 1 aliphatic rings. The van der Waals surface area contributed by atoms with Gasteiger partial charge < -0.3 is 37.2 Å². The van der Waals surface area contributed by atoms with Crippen LogP contribution in [0.2, 0.25) is 0 Å². The van der Waals surface area contributed by atoms with Gasteiger partial charge in [0.2, 0.25) is 0 Å². The van der Waals surface area contributed by atoms with Crippen molar-refractivity contribution < 1.29 is 61.9 Å². The first-order valence-corrected chi connectivity index (χ1v) is 5.67. The van der Waals surface area contributed by atoms with E-state index in [0.29, 0.717) is 3.63 Å². The van der Waals surface area contributed by atoms with Gasteiger partial charge in [-0.15, -0.1) is 0 Å². The molecule has 5 heteroatoms. The molecule has 1 aromatic rings. The van der Waals surface area contributed by atoms with Gasteiger partial charge in [0.25, 0.3) is 0 Å². The molecule has 2 rings (SSSR count). The fourth-order valence-corrected chi connectivity index (χ4v) is 2.63. The average molecular weight is 392 g/mol. The van der Waals surface area contributed by atoms with E-state index in [0.717, 1.165) is 0 Å². The van der Waals surface area contributed by atoms with E-state index >= 15 is 0 Å². The van der Waals surface area contributed by atoms with Crippen molar-refractivity contribution in [3.8, 4) is 0 Å². The number of hydrogen-bond acceptors (Lipinski definition) is 0. The van der Waals surface area contributed by atoms with E-state index < -0.39 is 0 Å². The summed E-state index contributed by atoms with van der Waals surface area (Å²) >= 11 is 5.12. The topological polar surface area (TPSA) is 0 Å². The molecule has 0 N–H and O–H groups in total. The summed E-state index contributed by atoms with van der Waals surface area (Å²) in [6.45, 7) is 0. The van der Waals surface area contributed by atoms with Crippen molar-refractivity contribution in [2.75, 3.05) is 0 Å². The summed E-state index contributed by atoms with van der Waals surface area (Å²) in [5.74, 6) is 0. The first-order chi connectivity index (χ1) is 5.29. The maximum atomic E-state index is 3.57. The van der Waals surface area contributed by atoms with Gasteiger partial charge in [-0.1, -0.05) is 0 Å². The number of rotatable bonds is 0. The summed E-state index contributed by atoms with van der Waals surface area (Å²) in [5.41, 5.74) is 2.85. The molecule has 0 fully saturated rings. The quantitative estimate of drug-likeness (QED) is 0.413. The molecule has 0 aliphatic heterocycles. The van der Waals surface area contributed by atoms with Crippen molar-refractivity contribution >= 4 is 22.0 Å². The molecule has 14 heavy (non-hydrogen) atoms. The number of fused-ring (bicyclic) bond motifs is 1. The Balaban J connectivity index is 0. The van der Waals surface area contributed by atoms with Gasteiger partial charge in [-0.2, -0.15) is 0 Å². The van der Waals surface area contributed by atoms with E-state index in [1.165, 1.54) is 15.6 Å². The van der Waals surface area contributed by atoms with Crippen LogP contribution in [0.4, 0.5) is 0 Å². The minimum Gasteiger partial charge on any atom is -1.00 e. The van der Waals surface area contributed by atoms with Gasteiger partial charge in [0.05, 0.1) is 0 Å². The molecule has 1 unspecified atom stereocenters. The fraction of sp³-hybridized carbons (Fsp3) is 0.111. The van der Waals surface area contributed by atoms with Gasteiger partial charge in [-0.25, -0.2) is 0 Å². The van der Waals surface area contributed by atoms with Crippen molar-refractivity contribution in [3.05, 3.63) is 39.9 Å². The zero-order chi connectivity index (χ0) is 7.84. The van der Waals surface area contributed by atoms with E-state index in [-0.39, 0.29) is 37.2 Å². The van der Waals surface area contributed by atoms with Crippen LogP contribution in [0.25, 0.3) is 6.08 Å². The predicted molar refractivity (Wildman–Crippen MR) is 46.1 cm³/mol. The maximum Gasteiger partial charge on any atom is -1.00 e. The second kappa shape index (κ2) is 7.46. The van der Waals surface area contributed by atoms with Crippen LogP contribution in [-0.2, 0) is 24.7 Å². The van der Waals surface area contributed by atoms with Crippen molar-refractivity contribution in [1.82, 2.24) is 0 Å². The Bertz CT molecular complexity index is 328. The van der Waals surface area contributed by atoms with E-state index in [4.69, 9.17) is 0 Å². The number of benzene rings is 1. The van der Waals surface area contributed by atoms with Crippen LogP contribution in [0, 0.1) is 0 Å². The molecule has 0 saturated heterocycles. The third-order valence-electron chi connectivity index (χ3n) is 1.88. The second-order valence-electron chi connectivity index (χ2n) is 2.59.